The molecular formula is C9H15NO2. The van der Waals surface area contributed by atoms with E-state index in [0.29, 0.717) is 25.7 Å². The van der Waals surface area contributed by atoms with E-state index in [4.69, 9.17) is 5.26 Å². The molecule has 2 atom stereocenters. The van der Waals surface area contributed by atoms with Gasteiger partial charge in [0.05, 0.1) is 18.3 Å². The molecule has 0 bridgehead atoms. The van der Waals surface area contributed by atoms with Gasteiger partial charge < -0.3 is 10.2 Å². The summed E-state index contributed by atoms with van der Waals surface area (Å²) in [6, 6.07) is 2.04. The number of nitrogens with zero attached hydrogens (tertiary/aromatic N) is 1. The third kappa shape index (κ3) is 1.45. The molecule has 0 radical (unpaired) electrons. The molecule has 0 aliphatic heterocycles. The van der Waals surface area contributed by atoms with Gasteiger partial charge in [-0.25, -0.2) is 0 Å². The topological polar surface area (TPSA) is 64.2 Å². The lowest BCUT2D eigenvalue weighted by Crippen LogP contribution is -2.35. The number of aliphatic hydroxyl groups excluding tert-OH is 2. The number of hydrogen-bond donors (Lipinski definition) is 2. The van der Waals surface area contributed by atoms with Crippen molar-refractivity contribution in [3.05, 3.63) is 0 Å². The van der Waals surface area contributed by atoms with E-state index in [1.807, 2.05) is 13.0 Å². The largest absolute Gasteiger partial charge is 0.392 e. The van der Waals surface area contributed by atoms with Crippen molar-refractivity contribution in [2.45, 2.75) is 44.8 Å². The van der Waals surface area contributed by atoms with E-state index in [1.54, 1.807) is 0 Å². The van der Waals surface area contributed by atoms with Crippen LogP contribution in [0.4, 0.5) is 0 Å². The van der Waals surface area contributed by atoms with Crippen molar-refractivity contribution in [1.82, 2.24) is 0 Å². The first-order valence-electron chi connectivity index (χ1n) is 4.34. The van der Waals surface area contributed by atoms with Crippen LogP contribution in [0.25, 0.3) is 0 Å². The minimum absolute atomic E-state index is 0.407. The SMILES string of the molecule is CC1(CCC#N)C(O)CCC1O. The van der Waals surface area contributed by atoms with Gasteiger partial charge in [-0.1, -0.05) is 6.92 Å². The van der Waals surface area contributed by atoms with Crippen LogP contribution >= 0.6 is 0 Å². The van der Waals surface area contributed by atoms with E-state index in [-0.39, 0.29) is 0 Å². The molecule has 0 heterocycles. The highest BCUT2D eigenvalue weighted by Gasteiger charge is 2.44. The summed E-state index contributed by atoms with van der Waals surface area (Å²) in [6.45, 7) is 1.85. The monoisotopic (exact) mass is 169 g/mol. The minimum atomic E-state index is -0.449. The highest BCUT2D eigenvalue weighted by molar-refractivity contribution is 4.96. The van der Waals surface area contributed by atoms with Gasteiger partial charge in [0.2, 0.25) is 0 Å². The van der Waals surface area contributed by atoms with Crippen molar-refractivity contribution in [1.29, 1.82) is 5.26 Å². The molecule has 0 aromatic rings. The zero-order valence-electron chi connectivity index (χ0n) is 7.32. The van der Waals surface area contributed by atoms with Crippen LogP contribution in [0.2, 0.25) is 0 Å². The Morgan fingerprint density at radius 3 is 2.33 bits per heavy atom. The van der Waals surface area contributed by atoms with Gasteiger partial charge in [0, 0.05) is 11.8 Å². The number of rotatable bonds is 2. The van der Waals surface area contributed by atoms with E-state index in [9.17, 15) is 10.2 Å². The van der Waals surface area contributed by atoms with Crippen LogP contribution < -0.4 is 0 Å². The molecule has 0 spiro atoms. The Hall–Kier alpha value is -0.590. The lowest BCUT2D eigenvalue weighted by atomic mass is 9.80. The van der Waals surface area contributed by atoms with Crippen LogP contribution in [0.1, 0.15) is 32.6 Å². The second-order valence-electron chi connectivity index (χ2n) is 3.77. The minimum Gasteiger partial charge on any atom is -0.392 e. The van der Waals surface area contributed by atoms with Crippen molar-refractivity contribution in [2.75, 3.05) is 0 Å². The summed E-state index contributed by atoms with van der Waals surface area (Å²) < 4.78 is 0. The first-order valence-corrected chi connectivity index (χ1v) is 4.34. The molecule has 2 N–H and O–H groups in total. The van der Waals surface area contributed by atoms with Crippen LogP contribution in [-0.4, -0.2) is 22.4 Å². The van der Waals surface area contributed by atoms with E-state index < -0.39 is 17.6 Å². The normalized spacial score (nSPS) is 41.2. The lowest BCUT2D eigenvalue weighted by Gasteiger charge is -2.30. The molecule has 1 rings (SSSR count). The smallest absolute Gasteiger partial charge is 0.0621 e. The molecule has 1 aliphatic carbocycles. The van der Waals surface area contributed by atoms with Gasteiger partial charge in [-0.15, -0.1) is 0 Å². The summed E-state index contributed by atoms with van der Waals surface area (Å²) in [4.78, 5) is 0. The highest BCUT2D eigenvalue weighted by Crippen LogP contribution is 2.41. The zero-order chi connectivity index (χ0) is 9.19. The summed E-state index contributed by atoms with van der Waals surface area (Å²) in [5, 5.41) is 27.6. The fourth-order valence-electron chi connectivity index (χ4n) is 1.86. The molecule has 68 valence electrons. The van der Waals surface area contributed by atoms with Crippen molar-refractivity contribution in [3.63, 3.8) is 0 Å². The van der Waals surface area contributed by atoms with E-state index >= 15 is 0 Å². The maximum Gasteiger partial charge on any atom is 0.0621 e. The second-order valence-corrected chi connectivity index (χ2v) is 3.77. The van der Waals surface area contributed by atoms with Gasteiger partial charge in [0.25, 0.3) is 0 Å². The standard InChI is InChI=1S/C9H15NO2/c1-9(5-2-6-10)7(11)3-4-8(9)12/h7-8,11-12H,2-5H2,1H3. The van der Waals surface area contributed by atoms with Gasteiger partial charge in [-0.05, 0) is 19.3 Å². The van der Waals surface area contributed by atoms with Gasteiger partial charge in [0.15, 0.2) is 0 Å². The molecule has 0 amide bonds. The summed E-state index contributed by atoms with van der Waals surface area (Å²) in [5.74, 6) is 0. The summed E-state index contributed by atoms with van der Waals surface area (Å²) in [7, 11) is 0. The molecule has 12 heavy (non-hydrogen) atoms. The molecule has 1 fully saturated rings. The van der Waals surface area contributed by atoms with Gasteiger partial charge in [-0.2, -0.15) is 5.26 Å². The highest BCUT2D eigenvalue weighted by atomic mass is 16.3. The number of hydrogen-bond acceptors (Lipinski definition) is 3. The predicted octanol–water partition coefficient (Wildman–Crippen LogP) is 0.812. The zero-order valence-corrected chi connectivity index (χ0v) is 7.32. The molecule has 0 saturated heterocycles. The molecular weight excluding hydrogens is 154 g/mol. The average Bonchev–Trinajstić information content (AvgIpc) is 2.30. The first-order chi connectivity index (χ1) is 5.61. The average molecular weight is 169 g/mol. The van der Waals surface area contributed by atoms with Crippen molar-refractivity contribution < 1.29 is 10.2 Å². The Morgan fingerprint density at radius 2 is 1.92 bits per heavy atom. The van der Waals surface area contributed by atoms with E-state index in [1.165, 1.54) is 0 Å². The summed E-state index contributed by atoms with van der Waals surface area (Å²) >= 11 is 0. The fourth-order valence-corrected chi connectivity index (χ4v) is 1.86. The Labute approximate surface area is 72.6 Å². The third-order valence-electron chi connectivity index (χ3n) is 3.01. The quantitative estimate of drug-likeness (QED) is 0.643. The Kier molecular flexibility index (Phi) is 2.71. The molecule has 2 unspecified atom stereocenters. The van der Waals surface area contributed by atoms with Crippen LogP contribution in [0, 0.1) is 16.7 Å². The van der Waals surface area contributed by atoms with E-state index in [2.05, 4.69) is 0 Å². The molecule has 0 aromatic carbocycles. The summed E-state index contributed by atoms with van der Waals surface area (Å²) in [5.41, 5.74) is -0.449. The predicted molar refractivity (Wildman–Crippen MR) is 44.2 cm³/mol. The third-order valence-corrected chi connectivity index (χ3v) is 3.01. The van der Waals surface area contributed by atoms with Crippen LogP contribution in [0.15, 0.2) is 0 Å². The van der Waals surface area contributed by atoms with Gasteiger partial charge in [-0.3, -0.25) is 0 Å². The second kappa shape index (κ2) is 3.42. The Balaban J connectivity index is 2.61. The number of aliphatic hydroxyl groups is 2. The first kappa shape index (κ1) is 9.50. The molecule has 1 saturated carbocycles. The van der Waals surface area contributed by atoms with Crippen LogP contribution in [0.5, 0.6) is 0 Å². The van der Waals surface area contributed by atoms with Gasteiger partial charge >= 0.3 is 0 Å². The van der Waals surface area contributed by atoms with Gasteiger partial charge in [0.1, 0.15) is 0 Å². The Bertz CT molecular complexity index is 187. The van der Waals surface area contributed by atoms with E-state index in [0.717, 1.165) is 0 Å². The fraction of sp³-hybridized carbons (Fsp3) is 0.889. The van der Waals surface area contributed by atoms with Crippen LogP contribution in [-0.2, 0) is 0 Å². The molecule has 0 aromatic heterocycles. The lowest BCUT2D eigenvalue weighted by molar-refractivity contribution is -0.0153. The molecule has 1 aliphatic rings. The Morgan fingerprint density at radius 1 is 1.42 bits per heavy atom. The maximum absolute atomic E-state index is 9.58. The van der Waals surface area contributed by atoms with Crippen molar-refractivity contribution >= 4 is 0 Å². The molecule has 3 nitrogen and oxygen atoms in total. The maximum atomic E-state index is 9.58. The van der Waals surface area contributed by atoms with Crippen LogP contribution in [0.3, 0.4) is 0 Å². The van der Waals surface area contributed by atoms with Crippen molar-refractivity contribution in [3.8, 4) is 6.07 Å². The van der Waals surface area contributed by atoms with Crippen molar-refractivity contribution in [2.24, 2.45) is 5.41 Å². The molecule has 3 heteroatoms. The summed E-state index contributed by atoms with van der Waals surface area (Å²) in [6.07, 6.45) is 1.42. The number of nitriles is 1.